The Labute approximate surface area is 129 Å². The van der Waals surface area contributed by atoms with E-state index in [0.29, 0.717) is 15.3 Å². The van der Waals surface area contributed by atoms with Crippen LogP contribution in [0.25, 0.3) is 10.9 Å². The zero-order valence-electron chi connectivity index (χ0n) is 10.8. The first-order chi connectivity index (χ1) is 10.0. The number of nitrogens with zero attached hydrogens (tertiary/aromatic N) is 1. The molecule has 0 radical (unpaired) electrons. The Morgan fingerprint density at radius 1 is 1.24 bits per heavy atom. The summed E-state index contributed by atoms with van der Waals surface area (Å²) in [7, 11) is 0. The second kappa shape index (κ2) is 5.42. The van der Waals surface area contributed by atoms with Crippen molar-refractivity contribution in [2.45, 2.75) is 6.54 Å². The number of H-pyrrole nitrogens is 1. The molecule has 0 saturated heterocycles. The van der Waals surface area contributed by atoms with Crippen molar-refractivity contribution in [3.8, 4) is 0 Å². The molecule has 1 heterocycles. The molecule has 106 valence electrons. The average Bonchev–Trinajstić information content (AvgIpc) is 2.45. The summed E-state index contributed by atoms with van der Waals surface area (Å²) in [5.74, 6) is -0.459. The highest BCUT2D eigenvalue weighted by Gasteiger charge is 2.07. The Morgan fingerprint density at radius 3 is 2.81 bits per heavy atom. The third-order valence-corrected chi connectivity index (χ3v) is 3.73. The fourth-order valence-electron chi connectivity index (χ4n) is 2.18. The lowest BCUT2D eigenvalue weighted by Crippen LogP contribution is -2.22. The summed E-state index contributed by atoms with van der Waals surface area (Å²) in [6, 6.07) is 11.2. The molecule has 0 bridgehead atoms. The van der Waals surface area contributed by atoms with Gasteiger partial charge in [0.25, 0.3) is 5.56 Å². The number of aromatic nitrogens is 2. The van der Waals surface area contributed by atoms with Crippen LogP contribution < -0.4 is 5.56 Å². The van der Waals surface area contributed by atoms with Gasteiger partial charge in [0.1, 0.15) is 5.82 Å². The van der Waals surface area contributed by atoms with E-state index < -0.39 is 5.82 Å². The fraction of sp³-hybridized carbons (Fsp3) is 0.0667. The van der Waals surface area contributed by atoms with Gasteiger partial charge in [0.05, 0.1) is 17.4 Å². The van der Waals surface area contributed by atoms with Crippen molar-refractivity contribution in [1.29, 1.82) is 0 Å². The lowest BCUT2D eigenvalue weighted by atomic mass is 10.2. The molecule has 0 spiro atoms. The van der Waals surface area contributed by atoms with Gasteiger partial charge in [0.2, 0.25) is 0 Å². The first-order valence-electron chi connectivity index (χ1n) is 6.21. The molecular formula is C15H10ClFN2OS. The van der Waals surface area contributed by atoms with Crippen LogP contribution in [0.4, 0.5) is 4.39 Å². The average molecular weight is 321 g/mol. The van der Waals surface area contributed by atoms with Crippen molar-refractivity contribution in [3.63, 3.8) is 0 Å². The van der Waals surface area contributed by atoms with Crippen LogP contribution in [0.3, 0.4) is 0 Å². The molecule has 0 fully saturated rings. The van der Waals surface area contributed by atoms with Gasteiger partial charge in [-0.15, -0.1) is 0 Å². The van der Waals surface area contributed by atoms with Crippen LogP contribution >= 0.6 is 23.8 Å². The predicted molar refractivity (Wildman–Crippen MR) is 83.9 cm³/mol. The summed E-state index contributed by atoms with van der Waals surface area (Å²) in [5.41, 5.74) is 1.04. The summed E-state index contributed by atoms with van der Waals surface area (Å²) in [6.45, 7) is 0.279. The number of rotatable bonds is 2. The van der Waals surface area contributed by atoms with E-state index in [-0.39, 0.29) is 17.5 Å². The minimum Gasteiger partial charge on any atom is -0.332 e. The van der Waals surface area contributed by atoms with Gasteiger partial charge in [-0.2, -0.15) is 0 Å². The number of hydrogen-bond acceptors (Lipinski definition) is 2. The van der Waals surface area contributed by atoms with Crippen LogP contribution in [0.15, 0.2) is 47.3 Å². The first kappa shape index (κ1) is 14.0. The summed E-state index contributed by atoms with van der Waals surface area (Å²) < 4.78 is 15.0. The van der Waals surface area contributed by atoms with Gasteiger partial charge in [-0.25, -0.2) is 4.39 Å². The molecule has 21 heavy (non-hydrogen) atoms. The summed E-state index contributed by atoms with van der Waals surface area (Å²) >= 11 is 11.1. The van der Waals surface area contributed by atoms with Crippen LogP contribution in [-0.2, 0) is 6.54 Å². The van der Waals surface area contributed by atoms with Gasteiger partial charge < -0.3 is 4.98 Å². The Balaban J connectivity index is 2.19. The van der Waals surface area contributed by atoms with Gasteiger partial charge in [-0.05, 0) is 48.1 Å². The standard InChI is InChI=1S/C15H10ClFN2OS/c16-10-3-1-2-9(6-10)8-19-14(20)12-7-11(17)4-5-13(12)18-15(19)21/h1-7H,8H2,(H,18,21). The van der Waals surface area contributed by atoms with Crippen molar-refractivity contribution >= 4 is 34.7 Å². The van der Waals surface area contributed by atoms with Gasteiger partial charge in [-0.3, -0.25) is 9.36 Å². The number of hydrogen-bond donors (Lipinski definition) is 1. The second-order valence-electron chi connectivity index (χ2n) is 4.64. The monoisotopic (exact) mass is 320 g/mol. The zero-order chi connectivity index (χ0) is 15.0. The van der Waals surface area contributed by atoms with E-state index in [1.807, 2.05) is 6.07 Å². The molecule has 0 aliphatic carbocycles. The summed E-state index contributed by atoms with van der Waals surface area (Å²) in [6.07, 6.45) is 0. The van der Waals surface area contributed by atoms with E-state index in [1.165, 1.54) is 22.8 Å². The van der Waals surface area contributed by atoms with E-state index >= 15 is 0 Å². The van der Waals surface area contributed by atoms with Crippen LogP contribution in [0, 0.1) is 10.6 Å². The summed E-state index contributed by atoms with van der Waals surface area (Å²) in [4.78, 5) is 15.4. The Kier molecular flexibility index (Phi) is 3.61. The maximum absolute atomic E-state index is 13.3. The molecule has 0 aliphatic heterocycles. The zero-order valence-corrected chi connectivity index (χ0v) is 12.3. The molecular weight excluding hydrogens is 311 g/mol. The lowest BCUT2D eigenvalue weighted by molar-refractivity contribution is 0.628. The molecule has 6 heteroatoms. The number of halogens is 2. The SMILES string of the molecule is O=c1c2cc(F)ccc2[nH]c(=S)n1Cc1cccc(Cl)c1. The molecule has 1 aromatic heterocycles. The molecule has 0 saturated carbocycles. The van der Waals surface area contributed by atoms with Crippen LogP contribution in [0.2, 0.25) is 5.02 Å². The minimum absolute atomic E-state index is 0.269. The van der Waals surface area contributed by atoms with Crippen molar-refractivity contribution in [3.05, 3.63) is 74.0 Å². The second-order valence-corrected chi connectivity index (χ2v) is 5.46. The number of fused-ring (bicyclic) bond motifs is 1. The van der Waals surface area contributed by atoms with Crippen molar-refractivity contribution in [1.82, 2.24) is 9.55 Å². The first-order valence-corrected chi connectivity index (χ1v) is 7.00. The maximum atomic E-state index is 13.3. The number of aromatic amines is 1. The summed E-state index contributed by atoms with van der Waals surface area (Å²) in [5, 5.41) is 0.855. The van der Waals surface area contributed by atoms with Gasteiger partial charge in [0, 0.05) is 5.02 Å². The van der Waals surface area contributed by atoms with E-state index in [2.05, 4.69) is 4.98 Å². The Hall–Kier alpha value is -1.98. The van der Waals surface area contributed by atoms with Gasteiger partial charge in [0.15, 0.2) is 4.77 Å². The highest BCUT2D eigenvalue weighted by atomic mass is 35.5. The molecule has 0 amide bonds. The van der Waals surface area contributed by atoms with E-state index in [0.717, 1.165) is 5.56 Å². The molecule has 3 aromatic rings. The normalized spacial score (nSPS) is 11.0. The largest absolute Gasteiger partial charge is 0.332 e. The Bertz CT molecular complexity index is 948. The minimum atomic E-state index is -0.459. The van der Waals surface area contributed by atoms with Gasteiger partial charge in [-0.1, -0.05) is 23.7 Å². The highest BCUT2D eigenvalue weighted by Crippen LogP contribution is 2.13. The maximum Gasteiger partial charge on any atom is 0.262 e. The number of benzene rings is 2. The van der Waals surface area contributed by atoms with Crippen molar-refractivity contribution < 1.29 is 4.39 Å². The molecule has 3 nitrogen and oxygen atoms in total. The van der Waals surface area contributed by atoms with Crippen molar-refractivity contribution in [2.24, 2.45) is 0 Å². The molecule has 2 aromatic carbocycles. The molecule has 3 rings (SSSR count). The fourth-order valence-corrected chi connectivity index (χ4v) is 2.65. The van der Waals surface area contributed by atoms with Gasteiger partial charge >= 0.3 is 0 Å². The van der Waals surface area contributed by atoms with E-state index in [1.54, 1.807) is 18.2 Å². The topological polar surface area (TPSA) is 37.8 Å². The predicted octanol–water partition coefficient (Wildman–Crippen LogP) is 3.90. The van der Waals surface area contributed by atoms with E-state index in [9.17, 15) is 9.18 Å². The quantitative estimate of drug-likeness (QED) is 0.727. The molecule has 1 N–H and O–H groups in total. The number of nitrogens with one attached hydrogen (secondary N) is 1. The third-order valence-electron chi connectivity index (χ3n) is 3.17. The molecule has 0 unspecified atom stereocenters. The van der Waals surface area contributed by atoms with Crippen molar-refractivity contribution in [2.75, 3.05) is 0 Å². The van der Waals surface area contributed by atoms with Crippen LogP contribution in [0.5, 0.6) is 0 Å². The van der Waals surface area contributed by atoms with Crippen LogP contribution in [-0.4, -0.2) is 9.55 Å². The Morgan fingerprint density at radius 2 is 2.05 bits per heavy atom. The highest BCUT2D eigenvalue weighted by molar-refractivity contribution is 7.71. The molecule has 0 aliphatic rings. The smallest absolute Gasteiger partial charge is 0.262 e. The van der Waals surface area contributed by atoms with E-state index in [4.69, 9.17) is 23.8 Å². The molecule has 0 atom stereocenters. The third kappa shape index (κ3) is 2.75. The van der Waals surface area contributed by atoms with Crippen LogP contribution in [0.1, 0.15) is 5.56 Å². The lowest BCUT2D eigenvalue weighted by Gasteiger charge is -2.08.